The molecule has 1 aromatic carbocycles. The largest absolute Gasteiger partial charge is 0.490 e. The Kier molecular flexibility index (Phi) is 7.51. The number of methoxy groups -OCH3 is 2. The lowest BCUT2D eigenvalue weighted by Gasteiger charge is -2.28. The molecule has 0 N–H and O–H groups in total. The number of carbonyl (C=O) groups is 2. The average molecular weight is 454 g/mol. The molecule has 28 heavy (non-hydrogen) atoms. The van der Waals surface area contributed by atoms with Gasteiger partial charge in [0.05, 0.1) is 49.0 Å². The zero-order valence-corrected chi connectivity index (χ0v) is 18.2. The summed E-state index contributed by atoms with van der Waals surface area (Å²) in [6.45, 7) is 4.64. The van der Waals surface area contributed by atoms with E-state index in [1.54, 1.807) is 36.5 Å². The van der Waals surface area contributed by atoms with Gasteiger partial charge in [0.25, 0.3) is 0 Å². The van der Waals surface area contributed by atoms with Crippen LogP contribution in [0.2, 0.25) is 0 Å². The Morgan fingerprint density at radius 1 is 1.00 bits per heavy atom. The highest BCUT2D eigenvalue weighted by Crippen LogP contribution is 2.43. The highest BCUT2D eigenvalue weighted by atomic mass is 79.9. The van der Waals surface area contributed by atoms with Crippen molar-refractivity contribution in [2.45, 2.75) is 19.8 Å². The maximum Gasteiger partial charge on any atom is 0.336 e. The summed E-state index contributed by atoms with van der Waals surface area (Å²) in [6, 6.07) is 3.57. The van der Waals surface area contributed by atoms with Crippen LogP contribution >= 0.6 is 15.9 Å². The summed E-state index contributed by atoms with van der Waals surface area (Å²) in [5.74, 6) is -0.666. The standard InChI is InChI=1S/C20H24BrNO6/c1-6-27-16-9-12(8-15(21)18(16)28-7-2)17-13(19(23)25-4)10-22(3)11-14(17)20(24)26-5/h8-11,17H,6-7H2,1-5H3. The summed E-state index contributed by atoms with van der Waals surface area (Å²) >= 11 is 3.51. The van der Waals surface area contributed by atoms with Gasteiger partial charge in [0.15, 0.2) is 11.5 Å². The van der Waals surface area contributed by atoms with E-state index >= 15 is 0 Å². The van der Waals surface area contributed by atoms with E-state index < -0.39 is 17.9 Å². The third-order valence-electron chi connectivity index (χ3n) is 4.10. The van der Waals surface area contributed by atoms with Crippen molar-refractivity contribution in [2.24, 2.45) is 0 Å². The Balaban J connectivity index is 2.67. The van der Waals surface area contributed by atoms with Crippen LogP contribution in [-0.4, -0.2) is 51.3 Å². The van der Waals surface area contributed by atoms with Crippen molar-refractivity contribution in [3.8, 4) is 11.5 Å². The maximum absolute atomic E-state index is 12.5. The van der Waals surface area contributed by atoms with Gasteiger partial charge in [-0.25, -0.2) is 9.59 Å². The third-order valence-corrected chi connectivity index (χ3v) is 4.69. The first-order valence-corrected chi connectivity index (χ1v) is 9.58. The van der Waals surface area contributed by atoms with Crippen LogP contribution in [0, 0.1) is 0 Å². The first kappa shape index (κ1) is 21.8. The lowest BCUT2D eigenvalue weighted by atomic mass is 9.83. The normalized spacial score (nSPS) is 14.1. The van der Waals surface area contributed by atoms with Gasteiger partial charge in [-0.15, -0.1) is 0 Å². The fourth-order valence-electron chi connectivity index (χ4n) is 3.03. The topological polar surface area (TPSA) is 74.3 Å². The van der Waals surface area contributed by atoms with Gasteiger partial charge < -0.3 is 23.8 Å². The van der Waals surface area contributed by atoms with Crippen molar-refractivity contribution in [3.05, 3.63) is 45.7 Å². The van der Waals surface area contributed by atoms with Crippen LogP contribution in [0.25, 0.3) is 0 Å². The number of esters is 2. The van der Waals surface area contributed by atoms with Crippen LogP contribution in [0.15, 0.2) is 40.2 Å². The molecule has 0 unspecified atom stereocenters. The molecule has 0 saturated heterocycles. The molecule has 0 bridgehead atoms. The second kappa shape index (κ2) is 9.64. The van der Waals surface area contributed by atoms with E-state index in [2.05, 4.69) is 15.9 Å². The van der Waals surface area contributed by atoms with Gasteiger partial charge >= 0.3 is 11.9 Å². The zero-order chi connectivity index (χ0) is 20.8. The molecule has 152 valence electrons. The highest BCUT2D eigenvalue weighted by molar-refractivity contribution is 9.10. The molecule has 0 aliphatic carbocycles. The summed E-state index contributed by atoms with van der Waals surface area (Å²) in [5.41, 5.74) is 1.29. The molecule has 0 saturated carbocycles. The number of rotatable bonds is 7. The van der Waals surface area contributed by atoms with E-state index in [-0.39, 0.29) is 0 Å². The van der Waals surface area contributed by atoms with Gasteiger partial charge in [-0.3, -0.25) is 0 Å². The second-order valence-electron chi connectivity index (χ2n) is 5.95. The molecule has 1 aliphatic rings. The molecule has 1 heterocycles. The lowest BCUT2D eigenvalue weighted by molar-refractivity contribution is -0.137. The highest BCUT2D eigenvalue weighted by Gasteiger charge is 2.35. The van der Waals surface area contributed by atoms with Crippen molar-refractivity contribution in [1.29, 1.82) is 0 Å². The van der Waals surface area contributed by atoms with Crippen molar-refractivity contribution in [3.63, 3.8) is 0 Å². The fraction of sp³-hybridized carbons (Fsp3) is 0.400. The van der Waals surface area contributed by atoms with Crippen LogP contribution in [0.4, 0.5) is 0 Å². The molecule has 7 nitrogen and oxygen atoms in total. The molecule has 8 heteroatoms. The smallest absolute Gasteiger partial charge is 0.336 e. The van der Waals surface area contributed by atoms with Gasteiger partial charge in [0.2, 0.25) is 0 Å². The van der Waals surface area contributed by atoms with Crippen molar-refractivity contribution in [1.82, 2.24) is 4.90 Å². The van der Waals surface area contributed by atoms with Gasteiger partial charge in [-0.1, -0.05) is 0 Å². The predicted molar refractivity (Wildman–Crippen MR) is 107 cm³/mol. The summed E-state index contributed by atoms with van der Waals surface area (Å²) in [6.07, 6.45) is 3.27. The molecule has 0 radical (unpaired) electrons. The zero-order valence-electron chi connectivity index (χ0n) is 16.6. The minimum Gasteiger partial charge on any atom is -0.490 e. The molecular weight excluding hydrogens is 430 g/mol. The van der Waals surface area contributed by atoms with E-state index in [1.807, 2.05) is 13.8 Å². The summed E-state index contributed by atoms with van der Waals surface area (Å²) in [5, 5.41) is 0. The van der Waals surface area contributed by atoms with E-state index in [0.717, 1.165) is 0 Å². The van der Waals surface area contributed by atoms with Gasteiger partial charge in [0.1, 0.15) is 0 Å². The maximum atomic E-state index is 12.5. The van der Waals surface area contributed by atoms with E-state index in [0.29, 0.717) is 45.9 Å². The molecule has 1 aromatic rings. The minimum atomic E-state index is -0.678. The summed E-state index contributed by atoms with van der Waals surface area (Å²) < 4.78 is 21.9. The van der Waals surface area contributed by atoms with Crippen molar-refractivity contribution in [2.75, 3.05) is 34.5 Å². The number of benzene rings is 1. The number of carbonyl (C=O) groups excluding carboxylic acids is 2. The Hall–Kier alpha value is -2.48. The van der Waals surface area contributed by atoms with E-state index in [1.165, 1.54) is 14.2 Å². The van der Waals surface area contributed by atoms with Gasteiger partial charge in [-0.05, 0) is 47.5 Å². The molecule has 0 atom stereocenters. The average Bonchev–Trinajstić information content (AvgIpc) is 2.68. The van der Waals surface area contributed by atoms with Crippen LogP contribution in [0.5, 0.6) is 11.5 Å². The van der Waals surface area contributed by atoms with Crippen molar-refractivity contribution < 1.29 is 28.5 Å². The third kappa shape index (κ3) is 4.49. The molecular formula is C20H24BrNO6. The molecule has 0 spiro atoms. The predicted octanol–water partition coefficient (Wildman–Crippen LogP) is 3.39. The first-order valence-electron chi connectivity index (χ1n) is 8.78. The molecule has 0 fully saturated rings. The molecule has 1 aliphatic heterocycles. The number of nitrogens with zero attached hydrogens (tertiary/aromatic N) is 1. The van der Waals surface area contributed by atoms with Crippen LogP contribution in [-0.2, 0) is 19.1 Å². The second-order valence-corrected chi connectivity index (χ2v) is 6.80. The lowest BCUT2D eigenvalue weighted by Crippen LogP contribution is -2.27. The Labute approximate surface area is 173 Å². The van der Waals surface area contributed by atoms with Gasteiger partial charge in [0, 0.05) is 19.4 Å². The Bertz CT molecular complexity index is 783. The van der Waals surface area contributed by atoms with Crippen LogP contribution in [0.3, 0.4) is 0 Å². The van der Waals surface area contributed by atoms with Crippen molar-refractivity contribution >= 4 is 27.9 Å². The summed E-state index contributed by atoms with van der Waals surface area (Å²) in [7, 11) is 4.33. The molecule has 0 amide bonds. The number of hydrogen-bond donors (Lipinski definition) is 0. The van der Waals surface area contributed by atoms with Gasteiger partial charge in [-0.2, -0.15) is 0 Å². The van der Waals surface area contributed by atoms with E-state index in [9.17, 15) is 9.59 Å². The van der Waals surface area contributed by atoms with E-state index in [4.69, 9.17) is 18.9 Å². The molecule has 2 rings (SSSR count). The Morgan fingerprint density at radius 2 is 1.54 bits per heavy atom. The monoisotopic (exact) mass is 453 g/mol. The molecule has 0 aromatic heterocycles. The SMILES string of the molecule is CCOc1cc(C2C(C(=O)OC)=CN(C)C=C2C(=O)OC)cc(Br)c1OCC. The van der Waals surface area contributed by atoms with Crippen LogP contribution in [0.1, 0.15) is 25.3 Å². The summed E-state index contributed by atoms with van der Waals surface area (Å²) in [4.78, 5) is 26.5. The number of halogens is 1. The minimum absolute atomic E-state index is 0.311. The fourth-order valence-corrected chi connectivity index (χ4v) is 3.60. The van der Waals surface area contributed by atoms with Crippen LogP contribution < -0.4 is 9.47 Å². The number of hydrogen-bond acceptors (Lipinski definition) is 7. The number of ether oxygens (including phenoxy) is 4. The first-order chi connectivity index (χ1) is 13.4. The Morgan fingerprint density at radius 3 is 2.00 bits per heavy atom. The quantitative estimate of drug-likeness (QED) is 0.585.